The lowest BCUT2D eigenvalue weighted by Gasteiger charge is -2.26. The van der Waals surface area contributed by atoms with Crippen molar-refractivity contribution >= 4 is 35.6 Å². The van der Waals surface area contributed by atoms with Crippen LogP contribution in [0.1, 0.15) is 51.6 Å². The number of aliphatic carboxylic acids is 2. The van der Waals surface area contributed by atoms with Gasteiger partial charge in [0.2, 0.25) is 17.7 Å². The Hall–Kier alpha value is -4.21. The Labute approximate surface area is 225 Å². The van der Waals surface area contributed by atoms with Gasteiger partial charge in [-0.3, -0.25) is 24.2 Å². The van der Waals surface area contributed by atoms with Gasteiger partial charge in [-0.2, -0.15) is 0 Å². The Bertz CT molecular complexity index is 994. The number of carbonyl (C=O) groups is 5. The molecule has 3 amide bonds. The summed E-state index contributed by atoms with van der Waals surface area (Å²) in [5.74, 6) is -4.98. The number of aromatic nitrogens is 2. The van der Waals surface area contributed by atoms with E-state index in [0.717, 1.165) is 0 Å². The Balaban J connectivity index is 2.95. The van der Waals surface area contributed by atoms with E-state index in [1.54, 1.807) is 0 Å². The van der Waals surface area contributed by atoms with Gasteiger partial charge in [0.15, 0.2) is 5.96 Å². The lowest BCUT2D eigenvalue weighted by atomic mass is 10.0. The van der Waals surface area contributed by atoms with E-state index in [-0.39, 0.29) is 50.5 Å². The quantitative estimate of drug-likeness (QED) is 0.0533. The Morgan fingerprint density at radius 2 is 1.59 bits per heavy atom. The first kappa shape index (κ1) is 32.8. The van der Waals surface area contributed by atoms with Crippen LogP contribution in [0, 0.1) is 5.92 Å². The summed E-state index contributed by atoms with van der Waals surface area (Å²) in [6, 6.07) is -4.78. The molecule has 0 radical (unpaired) electrons. The molecule has 4 unspecified atom stereocenters. The lowest BCUT2D eigenvalue weighted by molar-refractivity contribution is -0.143. The highest BCUT2D eigenvalue weighted by atomic mass is 16.4. The smallest absolute Gasteiger partial charge is 0.326 e. The summed E-state index contributed by atoms with van der Waals surface area (Å²) < 4.78 is 0. The maximum absolute atomic E-state index is 13.1. The molecular formula is C23H39N9O7. The second-order valence-corrected chi connectivity index (χ2v) is 9.42. The van der Waals surface area contributed by atoms with Crippen molar-refractivity contribution in [3.63, 3.8) is 0 Å². The number of carbonyl (C=O) groups excluding carboxylic acids is 3. The summed E-state index contributed by atoms with van der Waals surface area (Å²) in [7, 11) is 0. The minimum atomic E-state index is -1.38. The van der Waals surface area contributed by atoms with Crippen molar-refractivity contribution in [3.05, 3.63) is 18.2 Å². The van der Waals surface area contributed by atoms with Gasteiger partial charge in [0.1, 0.15) is 18.1 Å². The third-order valence-electron chi connectivity index (χ3n) is 5.51. The maximum Gasteiger partial charge on any atom is 0.326 e. The van der Waals surface area contributed by atoms with Crippen LogP contribution in [0.5, 0.6) is 0 Å². The number of rotatable bonds is 18. The van der Waals surface area contributed by atoms with Gasteiger partial charge in [-0.05, 0) is 31.6 Å². The first-order valence-corrected chi connectivity index (χ1v) is 12.4. The van der Waals surface area contributed by atoms with Crippen LogP contribution in [0.15, 0.2) is 17.5 Å². The van der Waals surface area contributed by atoms with Crippen LogP contribution in [-0.4, -0.2) is 86.5 Å². The molecule has 12 N–H and O–H groups in total. The van der Waals surface area contributed by atoms with E-state index < -0.39 is 60.2 Å². The summed E-state index contributed by atoms with van der Waals surface area (Å²) in [6.07, 6.45) is 2.74. The number of H-pyrrole nitrogens is 1. The molecule has 0 aliphatic rings. The van der Waals surface area contributed by atoms with Gasteiger partial charge in [0.25, 0.3) is 0 Å². The molecule has 0 fully saturated rings. The Kier molecular flexibility index (Phi) is 14.0. The van der Waals surface area contributed by atoms with Gasteiger partial charge in [-0.1, -0.05) is 13.8 Å². The van der Waals surface area contributed by atoms with Gasteiger partial charge >= 0.3 is 11.9 Å². The highest BCUT2D eigenvalue weighted by Gasteiger charge is 2.31. The molecule has 0 saturated heterocycles. The second kappa shape index (κ2) is 16.6. The van der Waals surface area contributed by atoms with Crippen molar-refractivity contribution in [1.29, 1.82) is 0 Å². The minimum absolute atomic E-state index is 0.0162. The third-order valence-corrected chi connectivity index (χ3v) is 5.51. The Morgan fingerprint density at radius 3 is 2.13 bits per heavy atom. The molecule has 0 spiro atoms. The number of amides is 3. The van der Waals surface area contributed by atoms with Crippen molar-refractivity contribution in [2.45, 2.75) is 76.5 Å². The molecule has 1 heterocycles. The topological polar surface area (TPSA) is 281 Å². The van der Waals surface area contributed by atoms with E-state index in [9.17, 15) is 29.1 Å². The first-order chi connectivity index (χ1) is 18.3. The van der Waals surface area contributed by atoms with Gasteiger partial charge in [-0.25, -0.2) is 9.78 Å². The molecule has 16 nitrogen and oxygen atoms in total. The van der Waals surface area contributed by atoms with Crippen LogP contribution in [0.25, 0.3) is 0 Å². The van der Waals surface area contributed by atoms with Gasteiger partial charge < -0.3 is 48.3 Å². The predicted octanol–water partition coefficient (Wildman–Crippen LogP) is -2.22. The van der Waals surface area contributed by atoms with E-state index in [2.05, 4.69) is 30.9 Å². The molecule has 0 aromatic carbocycles. The molecule has 1 rings (SSSR count). The number of hydrogen-bond donors (Lipinski definition) is 9. The average molecular weight is 554 g/mol. The number of aromatic amines is 1. The molecule has 0 saturated carbocycles. The largest absolute Gasteiger partial charge is 0.481 e. The van der Waals surface area contributed by atoms with E-state index in [1.165, 1.54) is 12.5 Å². The zero-order valence-corrected chi connectivity index (χ0v) is 22.1. The normalized spacial score (nSPS) is 13.9. The standard InChI is InChI=1S/C23H39N9O7/c1-12(2)8-17(32-19(35)14(24)9-13-10-27-11-29-13)21(37)30-15(5-6-18(33)34)20(36)31-16(22(38)39)4-3-7-28-23(25)26/h10-12,14-17H,3-9,24H2,1-2H3,(H,27,29)(H,30,37)(H,31,36)(H,32,35)(H,33,34)(H,38,39)(H4,25,26,28). The number of carboxylic acids is 2. The van der Waals surface area contributed by atoms with Crippen LogP contribution in [0.2, 0.25) is 0 Å². The van der Waals surface area contributed by atoms with Crippen molar-refractivity contribution in [2.24, 2.45) is 28.1 Å². The zero-order valence-electron chi connectivity index (χ0n) is 22.1. The SMILES string of the molecule is CC(C)CC(NC(=O)C(N)Cc1cnc[nH]1)C(=O)NC(CCC(=O)O)C(=O)NC(CCCN=C(N)N)C(=O)O. The van der Waals surface area contributed by atoms with E-state index in [0.29, 0.717) is 5.69 Å². The van der Waals surface area contributed by atoms with E-state index >= 15 is 0 Å². The summed E-state index contributed by atoms with van der Waals surface area (Å²) in [5, 5.41) is 26.0. The minimum Gasteiger partial charge on any atom is -0.481 e. The van der Waals surface area contributed by atoms with Gasteiger partial charge in [0.05, 0.1) is 12.4 Å². The Morgan fingerprint density at radius 1 is 0.974 bits per heavy atom. The van der Waals surface area contributed by atoms with Crippen LogP contribution in [0.3, 0.4) is 0 Å². The molecule has 4 atom stereocenters. The maximum atomic E-state index is 13.1. The summed E-state index contributed by atoms with van der Waals surface area (Å²) in [5.41, 5.74) is 17.1. The third kappa shape index (κ3) is 13.2. The number of nitrogens with one attached hydrogen (secondary N) is 4. The number of carboxylic acid groups (broad SMARTS) is 2. The van der Waals surface area contributed by atoms with Crippen molar-refractivity contribution < 1.29 is 34.2 Å². The number of nitrogens with two attached hydrogens (primary N) is 3. The fraction of sp³-hybridized carbons (Fsp3) is 0.609. The summed E-state index contributed by atoms with van der Waals surface area (Å²) in [6.45, 7) is 3.79. The van der Waals surface area contributed by atoms with Crippen LogP contribution in [-0.2, 0) is 30.4 Å². The van der Waals surface area contributed by atoms with Crippen LogP contribution >= 0.6 is 0 Å². The van der Waals surface area contributed by atoms with Crippen LogP contribution in [0.4, 0.5) is 0 Å². The fourth-order valence-corrected chi connectivity index (χ4v) is 3.55. The molecule has 0 aliphatic heterocycles. The fourth-order valence-electron chi connectivity index (χ4n) is 3.55. The van der Waals surface area contributed by atoms with Crippen LogP contribution < -0.4 is 33.2 Å². The number of aliphatic imine (C=N–C) groups is 1. The number of imidazole rings is 1. The molecule has 16 heteroatoms. The summed E-state index contributed by atoms with van der Waals surface area (Å²) >= 11 is 0. The zero-order chi connectivity index (χ0) is 29.5. The van der Waals surface area contributed by atoms with Crippen molar-refractivity contribution in [2.75, 3.05) is 6.54 Å². The highest BCUT2D eigenvalue weighted by molar-refractivity contribution is 5.94. The number of nitrogens with zero attached hydrogens (tertiary/aromatic N) is 2. The van der Waals surface area contributed by atoms with E-state index in [4.69, 9.17) is 22.3 Å². The molecule has 1 aromatic rings. The van der Waals surface area contributed by atoms with Crippen molar-refractivity contribution in [1.82, 2.24) is 25.9 Å². The first-order valence-electron chi connectivity index (χ1n) is 12.4. The monoisotopic (exact) mass is 553 g/mol. The van der Waals surface area contributed by atoms with Gasteiger partial charge in [-0.15, -0.1) is 0 Å². The molecule has 0 aliphatic carbocycles. The number of guanidine groups is 1. The molecule has 39 heavy (non-hydrogen) atoms. The average Bonchev–Trinajstić information content (AvgIpc) is 3.35. The van der Waals surface area contributed by atoms with E-state index in [1.807, 2.05) is 13.8 Å². The highest BCUT2D eigenvalue weighted by Crippen LogP contribution is 2.09. The second-order valence-electron chi connectivity index (χ2n) is 9.42. The molecular weight excluding hydrogens is 514 g/mol. The molecule has 0 bridgehead atoms. The molecule has 1 aromatic heterocycles. The lowest BCUT2D eigenvalue weighted by Crippen LogP contribution is -2.57. The van der Waals surface area contributed by atoms with Crippen molar-refractivity contribution in [3.8, 4) is 0 Å². The number of hydrogen-bond acceptors (Lipinski definition) is 8. The molecule has 218 valence electrons. The van der Waals surface area contributed by atoms with Gasteiger partial charge in [0, 0.05) is 31.3 Å². The summed E-state index contributed by atoms with van der Waals surface area (Å²) in [4.78, 5) is 72.0. The predicted molar refractivity (Wildman–Crippen MR) is 140 cm³/mol.